The van der Waals surface area contributed by atoms with Crippen molar-refractivity contribution < 1.29 is 19.8 Å². The van der Waals surface area contributed by atoms with Crippen LogP contribution in [0, 0.1) is 17.8 Å². The van der Waals surface area contributed by atoms with Crippen molar-refractivity contribution in [2.45, 2.75) is 50.2 Å². The largest absolute Gasteiger partial charge is 0.478 e. The number of para-hydroxylation sites is 1. The van der Waals surface area contributed by atoms with E-state index in [0.29, 0.717) is 22.2 Å². The summed E-state index contributed by atoms with van der Waals surface area (Å²) in [5.74, 6) is 1.40. The molecule has 4 saturated carbocycles. The first-order valence-corrected chi connectivity index (χ1v) is 13.2. The molecule has 6 heteroatoms. The van der Waals surface area contributed by atoms with E-state index in [0.717, 1.165) is 23.4 Å². The Kier molecular flexibility index (Phi) is 6.00. The maximum Gasteiger partial charge on any atom is 0.337 e. The van der Waals surface area contributed by atoms with Gasteiger partial charge in [-0.15, -0.1) is 0 Å². The highest BCUT2D eigenvalue weighted by atomic mass is 16.4. The van der Waals surface area contributed by atoms with E-state index < -0.39 is 12.2 Å². The minimum atomic E-state index is -1.12. The molecule has 4 bridgehead atoms. The summed E-state index contributed by atoms with van der Waals surface area (Å²) < 4.78 is 0. The van der Waals surface area contributed by atoms with Gasteiger partial charge < -0.3 is 20.8 Å². The summed E-state index contributed by atoms with van der Waals surface area (Å²) in [5, 5.41) is 25.7. The number of aromatic carboxylic acids is 1. The van der Waals surface area contributed by atoms with E-state index in [1.807, 2.05) is 12.1 Å². The topological polar surface area (TPSA) is 98.7 Å². The Morgan fingerprint density at radius 3 is 2.00 bits per heavy atom. The normalized spacial score (nSPS) is 26.5. The number of rotatable bonds is 7. The molecule has 4 fully saturated rings. The Morgan fingerprint density at radius 1 is 0.811 bits per heavy atom. The third-order valence-electron chi connectivity index (χ3n) is 8.73. The van der Waals surface area contributed by atoms with Crippen molar-refractivity contribution in [3.63, 3.8) is 0 Å². The second-order valence-corrected chi connectivity index (χ2v) is 11.2. The smallest absolute Gasteiger partial charge is 0.337 e. The van der Waals surface area contributed by atoms with Crippen molar-refractivity contribution in [1.82, 2.24) is 0 Å². The maximum absolute atomic E-state index is 12.9. The van der Waals surface area contributed by atoms with Crippen LogP contribution < -0.4 is 10.6 Å². The Morgan fingerprint density at radius 2 is 1.41 bits per heavy atom. The van der Waals surface area contributed by atoms with Crippen LogP contribution in [0.4, 0.5) is 11.4 Å². The number of aliphatic hydroxyl groups excluding tert-OH is 1. The van der Waals surface area contributed by atoms with Gasteiger partial charge in [-0.25, -0.2) is 4.79 Å². The van der Waals surface area contributed by atoms with Gasteiger partial charge in [-0.2, -0.15) is 0 Å². The van der Waals surface area contributed by atoms with Crippen molar-refractivity contribution >= 4 is 23.3 Å². The van der Waals surface area contributed by atoms with Gasteiger partial charge in [0.25, 0.3) is 5.91 Å². The Bertz CT molecular complexity index is 1280. The number of hydrogen-bond donors (Lipinski definition) is 4. The molecule has 7 rings (SSSR count). The number of benzene rings is 3. The van der Waals surface area contributed by atoms with Gasteiger partial charge in [0, 0.05) is 16.8 Å². The van der Waals surface area contributed by atoms with Crippen molar-refractivity contribution in [2.75, 3.05) is 10.6 Å². The van der Waals surface area contributed by atoms with Gasteiger partial charge in [0.05, 0.1) is 11.3 Å². The summed E-state index contributed by atoms with van der Waals surface area (Å²) in [4.78, 5) is 24.3. The Balaban J connectivity index is 1.10. The molecule has 3 aromatic carbocycles. The molecular formula is C31H32N2O4. The molecule has 0 radical (unpaired) electrons. The second-order valence-electron chi connectivity index (χ2n) is 11.2. The quantitative estimate of drug-likeness (QED) is 0.292. The van der Waals surface area contributed by atoms with Crippen molar-refractivity contribution in [2.24, 2.45) is 17.8 Å². The Labute approximate surface area is 216 Å². The molecule has 0 heterocycles. The molecule has 0 aromatic heterocycles. The zero-order valence-electron chi connectivity index (χ0n) is 20.7. The molecule has 0 spiro atoms. The molecule has 1 unspecified atom stereocenters. The lowest BCUT2D eigenvalue weighted by molar-refractivity contribution is -0.00518. The average Bonchev–Trinajstić information content (AvgIpc) is 2.88. The van der Waals surface area contributed by atoms with Crippen molar-refractivity contribution in [3.8, 4) is 0 Å². The van der Waals surface area contributed by atoms with Gasteiger partial charge in [0.2, 0.25) is 0 Å². The van der Waals surface area contributed by atoms with E-state index in [-0.39, 0.29) is 11.5 Å². The van der Waals surface area contributed by atoms with Gasteiger partial charge in [-0.3, -0.25) is 4.79 Å². The zero-order chi connectivity index (χ0) is 25.6. The van der Waals surface area contributed by atoms with Gasteiger partial charge in [-0.05, 0) is 104 Å². The molecule has 1 amide bonds. The van der Waals surface area contributed by atoms with Crippen LogP contribution in [0.3, 0.4) is 0 Å². The highest BCUT2D eigenvalue weighted by Crippen LogP contribution is 2.60. The summed E-state index contributed by atoms with van der Waals surface area (Å²) in [6.07, 6.45) is 7.12. The number of nitrogens with one attached hydrogen (secondary N) is 2. The molecule has 0 aliphatic heterocycles. The highest BCUT2D eigenvalue weighted by molar-refractivity contribution is 6.04. The summed E-state index contributed by atoms with van der Waals surface area (Å²) in [5.41, 5.74) is 3.94. The van der Waals surface area contributed by atoms with Gasteiger partial charge in [-0.1, -0.05) is 36.4 Å². The average molecular weight is 497 g/mol. The number of carbonyl (C=O) groups is 2. The van der Waals surface area contributed by atoms with E-state index in [1.165, 1.54) is 50.2 Å². The fraction of sp³-hybridized carbons (Fsp3) is 0.355. The summed E-state index contributed by atoms with van der Waals surface area (Å²) in [7, 11) is 0. The van der Waals surface area contributed by atoms with Gasteiger partial charge in [0.1, 0.15) is 0 Å². The van der Waals surface area contributed by atoms with Crippen LogP contribution in [0.25, 0.3) is 0 Å². The second kappa shape index (κ2) is 9.34. The molecule has 0 saturated heterocycles. The van der Waals surface area contributed by atoms with Crippen LogP contribution >= 0.6 is 0 Å². The Hall–Kier alpha value is -3.64. The number of anilines is 2. The molecule has 4 aliphatic carbocycles. The van der Waals surface area contributed by atoms with Crippen LogP contribution in [-0.4, -0.2) is 22.1 Å². The van der Waals surface area contributed by atoms with Crippen LogP contribution in [-0.2, 0) is 5.41 Å². The lowest BCUT2D eigenvalue weighted by Gasteiger charge is -2.57. The van der Waals surface area contributed by atoms with E-state index >= 15 is 0 Å². The van der Waals surface area contributed by atoms with E-state index in [4.69, 9.17) is 0 Å². The fourth-order valence-electron chi connectivity index (χ4n) is 7.42. The number of carbonyl (C=O) groups excluding carboxylic acids is 1. The minimum Gasteiger partial charge on any atom is -0.478 e. The number of carboxylic acids is 1. The lowest BCUT2D eigenvalue weighted by atomic mass is 9.48. The monoisotopic (exact) mass is 496 g/mol. The van der Waals surface area contributed by atoms with Crippen LogP contribution in [0.1, 0.15) is 76.6 Å². The number of amides is 1. The number of carboxylic acid groups (broad SMARTS) is 1. The SMILES string of the molecule is O=C(Nc1ccc(C23CC4CC(CC(C4)C2)C3)cc1)c1ccc(C(O)Nc2ccccc2C(=O)O)cc1. The van der Waals surface area contributed by atoms with Crippen LogP contribution in [0.2, 0.25) is 0 Å². The predicted octanol–water partition coefficient (Wildman–Crippen LogP) is 6.21. The van der Waals surface area contributed by atoms with Crippen molar-refractivity contribution in [3.05, 3.63) is 95.1 Å². The molecule has 4 aliphatic rings. The lowest BCUT2D eigenvalue weighted by Crippen LogP contribution is -2.48. The molecular weight excluding hydrogens is 464 g/mol. The third-order valence-corrected chi connectivity index (χ3v) is 8.73. The van der Waals surface area contributed by atoms with Gasteiger partial charge in [0.15, 0.2) is 6.23 Å². The van der Waals surface area contributed by atoms with E-state index in [9.17, 15) is 19.8 Å². The first kappa shape index (κ1) is 23.7. The van der Waals surface area contributed by atoms with Crippen molar-refractivity contribution in [1.29, 1.82) is 0 Å². The molecule has 190 valence electrons. The number of aliphatic hydroxyl groups is 1. The summed E-state index contributed by atoms with van der Waals surface area (Å²) in [6.45, 7) is 0. The fourth-order valence-corrected chi connectivity index (χ4v) is 7.42. The maximum atomic E-state index is 12.9. The van der Waals surface area contributed by atoms with Crippen LogP contribution in [0.15, 0.2) is 72.8 Å². The summed E-state index contributed by atoms with van der Waals surface area (Å²) >= 11 is 0. The minimum absolute atomic E-state index is 0.0757. The highest BCUT2D eigenvalue weighted by Gasteiger charge is 2.51. The first-order chi connectivity index (χ1) is 17.9. The molecule has 6 nitrogen and oxygen atoms in total. The van der Waals surface area contributed by atoms with E-state index in [2.05, 4.69) is 22.8 Å². The van der Waals surface area contributed by atoms with Gasteiger partial charge >= 0.3 is 5.97 Å². The molecule has 1 atom stereocenters. The third kappa shape index (κ3) is 4.62. The summed E-state index contributed by atoms with van der Waals surface area (Å²) in [6, 6.07) is 21.5. The molecule has 4 N–H and O–H groups in total. The molecule has 37 heavy (non-hydrogen) atoms. The number of hydrogen-bond acceptors (Lipinski definition) is 4. The van der Waals surface area contributed by atoms with Crippen LogP contribution in [0.5, 0.6) is 0 Å². The first-order valence-electron chi connectivity index (χ1n) is 13.2. The van der Waals surface area contributed by atoms with E-state index in [1.54, 1.807) is 42.5 Å². The zero-order valence-corrected chi connectivity index (χ0v) is 20.7. The molecule has 3 aromatic rings. The standard InChI is InChI=1S/C31H32N2O4/c34-28(22-5-7-23(8-6-22)29(35)33-27-4-2-1-3-26(27)30(36)37)32-25-11-9-24(10-12-25)31-16-19-13-20(17-31)15-21(14-19)18-31/h1-12,19-21,29,33,35H,13-18H2,(H,32,34)(H,36,37). The predicted molar refractivity (Wildman–Crippen MR) is 143 cm³/mol.